The van der Waals surface area contributed by atoms with Gasteiger partial charge in [0, 0.05) is 43.6 Å². The van der Waals surface area contributed by atoms with Crippen LogP contribution < -0.4 is 10.6 Å². The van der Waals surface area contributed by atoms with Crippen LogP contribution in [-0.4, -0.2) is 65.8 Å². The highest BCUT2D eigenvalue weighted by Gasteiger charge is 2.21. The highest BCUT2D eigenvalue weighted by molar-refractivity contribution is 6.32. The molecule has 1 fully saturated rings. The van der Waals surface area contributed by atoms with Crippen molar-refractivity contribution in [2.75, 3.05) is 49.9 Å². The molecular formula is C22H26ClN5O4. The van der Waals surface area contributed by atoms with Gasteiger partial charge in [-0.1, -0.05) is 36.7 Å². The molecule has 170 valence electrons. The van der Waals surface area contributed by atoms with E-state index in [0.29, 0.717) is 38.4 Å². The number of rotatable bonds is 8. The smallest absolute Gasteiger partial charge is 0.289 e. The van der Waals surface area contributed by atoms with Crippen molar-refractivity contribution in [2.24, 2.45) is 0 Å². The Morgan fingerprint density at radius 2 is 1.59 bits per heavy atom. The van der Waals surface area contributed by atoms with Crippen LogP contribution in [0.2, 0.25) is 5.02 Å². The molecule has 32 heavy (non-hydrogen) atoms. The van der Waals surface area contributed by atoms with Crippen molar-refractivity contribution in [3.05, 3.63) is 63.2 Å². The molecule has 10 heteroatoms. The van der Waals surface area contributed by atoms with Gasteiger partial charge in [-0.05, 0) is 30.2 Å². The zero-order valence-corrected chi connectivity index (χ0v) is 18.6. The van der Waals surface area contributed by atoms with Gasteiger partial charge in [0.1, 0.15) is 5.02 Å². The molecule has 0 unspecified atom stereocenters. The molecule has 0 aromatic heterocycles. The number of nitro benzene ring substituents is 1. The Kier molecular flexibility index (Phi) is 8.15. The fourth-order valence-electron chi connectivity index (χ4n) is 3.58. The lowest BCUT2D eigenvalue weighted by atomic mass is 10.1. The minimum atomic E-state index is -0.589. The highest BCUT2D eigenvalue weighted by atomic mass is 35.5. The van der Waals surface area contributed by atoms with Crippen LogP contribution in [0, 0.1) is 10.1 Å². The topological polar surface area (TPSA) is 108 Å². The summed E-state index contributed by atoms with van der Waals surface area (Å²) in [6, 6.07) is 11.9. The summed E-state index contributed by atoms with van der Waals surface area (Å²) in [5, 5.41) is 16.7. The molecule has 0 aliphatic carbocycles. The van der Waals surface area contributed by atoms with Crippen molar-refractivity contribution in [2.45, 2.75) is 13.3 Å². The van der Waals surface area contributed by atoms with Crippen LogP contribution in [0.5, 0.6) is 0 Å². The van der Waals surface area contributed by atoms with Crippen molar-refractivity contribution in [3.8, 4) is 0 Å². The zero-order chi connectivity index (χ0) is 23.1. The van der Waals surface area contributed by atoms with Gasteiger partial charge in [-0.25, -0.2) is 0 Å². The molecule has 2 amide bonds. The first kappa shape index (κ1) is 23.6. The third-order valence-corrected chi connectivity index (χ3v) is 5.62. The van der Waals surface area contributed by atoms with E-state index in [2.05, 4.69) is 22.5 Å². The second-order valence-electron chi connectivity index (χ2n) is 7.58. The Hall–Kier alpha value is -3.01. The summed E-state index contributed by atoms with van der Waals surface area (Å²) in [5.74, 6) is -0.314. The summed E-state index contributed by atoms with van der Waals surface area (Å²) in [6.45, 7) is 5.15. The van der Waals surface area contributed by atoms with E-state index in [1.165, 1.54) is 18.2 Å². The number of carbonyl (C=O) groups is 2. The lowest BCUT2D eigenvalue weighted by Gasteiger charge is -2.33. The summed E-state index contributed by atoms with van der Waals surface area (Å²) < 4.78 is 0. The maximum absolute atomic E-state index is 12.4. The second kappa shape index (κ2) is 11.0. The van der Waals surface area contributed by atoms with E-state index in [-0.39, 0.29) is 29.1 Å². The molecule has 2 N–H and O–H groups in total. The van der Waals surface area contributed by atoms with E-state index in [1.54, 1.807) is 0 Å². The van der Waals surface area contributed by atoms with Crippen LogP contribution in [0.1, 0.15) is 12.5 Å². The average molecular weight is 460 g/mol. The maximum atomic E-state index is 12.4. The number of aryl methyl sites for hydroxylation is 1. The summed E-state index contributed by atoms with van der Waals surface area (Å²) >= 11 is 5.80. The van der Waals surface area contributed by atoms with Crippen LogP contribution >= 0.6 is 11.6 Å². The molecule has 0 spiro atoms. The van der Waals surface area contributed by atoms with Gasteiger partial charge in [-0.15, -0.1) is 0 Å². The second-order valence-corrected chi connectivity index (χ2v) is 7.99. The molecule has 0 atom stereocenters. The SMILES string of the molecule is CCc1ccccc1NC(=O)CN1CCN(CC(=O)Nc2ccc(Cl)c([N+](=O)[O-])c2)CC1. The summed E-state index contributed by atoms with van der Waals surface area (Å²) in [7, 11) is 0. The van der Waals surface area contributed by atoms with Gasteiger partial charge >= 0.3 is 0 Å². The monoisotopic (exact) mass is 459 g/mol. The largest absolute Gasteiger partial charge is 0.325 e. The molecule has 0 radical (unpaired) electrons. The molecule has 2 aromatic carbocycles. The summed E-state index contributed by atoms with van der Waals surface area (Å²) in [5.41, 5.74) is 2.02. The van der Waals surface area contributed by atoms with Gasteiger partial charge in [-0.2, -0.15) is 0 Å². The minimum Gasteiger partial charge on any atom is -0.325 e. The fraction of sp³-hybridized carbons (Fsp3) is 0.364. The van der Waals surface area contributed by atoms with E-state index >= 15 is 0 Å². The average Bonchev–Trinajstić information content (AvgIpc) is 2.76. The molecule has 1 heterocycles. The Balaban J connectivity index is 1.43. The number of carbonyl (C=O) groups excluding carboxylic acids is 2. The standard InChI is InChI=1S/C22H26ClN5O4/c1-2-16-5-3-4-6-19(16)25-22(30)15-27-11-9-26(10-12-27)14-21(29)24-17-7-8-18(23)20(13-17)28(31)32/h3-8,13H,2,9-12,14-15H2,1H3,(H,24,29)(H,25,30). The number of nitro groups is 1. The Morgan fingerprint density at radius 1 is 1.00 bits per heavy atom. The number of anilines is 2. The third-order valence-electron chi connectivity index (χ3n) is 5.30. The number of benzene rings is 2. The molecule has 1 saturated heterocycles. The highest BCUT2D eigenvalue weighted by Crippen LogP contribution is 2.27. The van der Waals surface area contributed by atoms with Crippen molar-refractivity contribution >= 4 is 40.5 Å². The predicted molar refractivity (Wildman–Crippen MR) is 124 cm³/mol. The quantitative estimate of drug-likeness (QED) is 0.464. The van der Waals surface area contributed by atoms with E-state index in [9.17, 15) is 19.7 Å². The van der Waals surface area contributed by atoms with E-state index in [1.807, 2.05) is 29.2 Å². The van der Waals surface area contributed by atoms with Crippen molar-refractivity contribution in [1.29, 1.82) is 0 Å². The van der Waals surface area contributed by atoms with E-state index in [0.717, 1.165) is 17.7 Å². The van der Waals surface area contributed by atoms with Crippen molar-refractivity contribution in [1.82, 2.24) is 9.80 Å². The molecule has 0 saturated carbocycles. The minimum absolute atomic E-state index is 0.0198. The number of halogens is 1. The van der Waals surface area contributed by atoms with Gasteiger partial charge in [0.05, 0.1) is 18.0 Å². The number of hydrogen-bond donors (Lipinski definition) is 2. The normalized spacial score (nSPS) is 14.7. The van der Waals surface area contributed by atoms with Crippen LogP contribution in [0.3, 0.4) is 0 Å². The van der Waals surface area contributed by atoms with Gasteiger partial charge < -0.3 is 10.6 Å². The summed E-state index contributed by atoms with van der Waals surface area (Å²) in [6.07, 6.45) is 0.848. The van der Waals surface area contributed by atoms with Gasteiger partial charge in [0.2, 0.25) is 11.8 Å². The Bertz CT molecular complexity index is 992. The first-order valence-electron chi connectivity index (χ1n) is 10.4. The molecule has 2 aromatic rings. The molecule has 3 rings (SSSR count). The number of para-hydroxylation sites is 1. The van der Waals surface area contributed by atoms with Crippen LogP contribution in [0.4, 0.5) is 17.1 Å². The number of hydrogen-bond acceptors (Lipinski definition) is 6. The van der Waals surface area contributed by atoms with Crippen LogP contribution in [0.15, 0.2) is 42.5 Å². The van der Waals surface area contributed by atoms with Gasteiger partial charge in [0.25, 0.3) is 5.69 Å². The first-order chi connectivity index (χ1) is 15.4. The van der Waals surface area contributed by atoms with Gasteiger partial charge in [0.15, 0.2) is 0 Å². The first-order valence-corrected chi connectivity index (χ1v) is 10.8. The molecule has 0 bridgehead atoms. The zero-order valence-electron chi connectivity index (χ0n) is 17.8. The Labute approximate surface area is 191 Å². The number of nitrogens with zero attached hydrogens (tertiary/aromatic N) is 3. The van der Waals surface area contributed by atoms with Crippen LogP contribution in [-0.2, 0) is 16.0 Å². The van der Waals surface area contributed by atoms with Gasteiger partial charge in [-0.3, -0.25) is 29.5 Å². The number of nitrogens with one attached hydrogen (secondary N) is 2. The van der Waals surface area contributed by atoms with E-state index in [4.69, 9.17) is 11.6 Å². The maximum Gasteiger partial charge on any atom is 0.289 e. The summed E-state index contributed by atoms with van der Waals surface area (Å²) in [4.78, 5) is 39.2. The molecule has 1 aliphatic heterocycles. The number of amides is 2. The predicted octanol–water partition coefficient (Wildman–Crippen LogP) is 3.01. The lowest BCUT2D eigenvalue weighted by molar-refractivity contribution is -0.384. The van der Waals surface area contributed by atoms with Crippen LogP contribution in [0.25, 0.3) is 0 Å². The molecular weight excluding hydrogens is 434 g/mol. The van der Waals surface area contributed by atoms with Crippen molar-refractivity contribution in [3.63, 3.8) is 0 Å². The fourth-order valence-corrected chi connectivity index (χ4v) is 3.77. The molecule has 9 nitrogen and oxygen atoms in total. The Morgan fingerprint density at radius 3 is 2.19 bits per heavy atom. The number of piperazine rings is 1. The lowest BCUT2D eigenvalue weighted by Crippen LogP contribution is -2.50. The molecule has 1 aliphatic rings. The third kappa shape index (κ3) is 6.49. The van der Waals surface area contributed by atoms with E-state index < -0.39 is 4.92 Å². The van der Waals surface area contributed by atoms with Crippen molar-refractivity contribution < 1.29 is 14.5 Å².